The third-order valence-corrected chi connectivity index (χ3v) is 3.51. The zero-order chi connectivity index (χ0) is 14.4. The van der Waals surface area contributed by atoms with Crippen molar-refractivity contribution in [3.63, 3.8) is 0 Å². The molecule has 0 unspecified atom stereocenters. The molecule has 20 heavy (non-hydrogen) atoms. The third kappa shape index (κ3) is 3.96. The highest BCUT2D eigenvalue weighted by molar-refractivity contribution is 7.99. The van der Waals surface area contributed by atoms with E-state index in [1.54, 1.807) is 24.5 Å². The zero-order valence-electron chi connectivity index (χ0n) is 11.1. The summed E-state index contributed by atoms with van der Waals surface area (Å²) in [5.41, 5.74) is 6.87. The van der Waals surface area contributed by atoms with E-state index in [2.05, 4.69) is 5.32 Å². The second kappa shape index (κ2) is 6.91. The summed E-state index contributed by atoms with van der Waals surface area (Å²) in [4.78, 5) is 11.8. The number of methoxy groups -OCH3 is 1. The summed E-state index contributed by atoms with van der Waals surface area (Å²) in [6, 6.07) is 8.83. The van der Waals surface area contributed by atoms with Crippen molar-refractivity contribution in [2.75, 3.05) is 23.9 Å². The molecule has 0 radical (unpaired) electrons. The molecule has 0 saturated heterocycles. The molecule has 0 fully saturated rings. The van der Waals surface area contributed by atoms with Crippen LogP contribution < -0.4 is 15.8 Å². The monoisotopic (exact) mass is 292 g/mol. The molecular formula is C14H16N2O3S. The van der Waals surface area contributed by atoms with E-state index in [1.165, 1.54) is 18.9 Å². The van der Waals surface area contributed by atoms with Crippen LogP contribution in [-0.4, -0.2) is 18.8 Å². The highest BCUT2D eigenvalue weighted by Crippen LogP contribution is 2.26. The average molecular weight is 292 g/mol. The highest BCUT2D eigenvalue weighted by atomic mass is 32.2. The quantitative estimate of drug-likeness (QED) is 0.800. The van der Waals surface area contributed by atoms with E-state index in [0.29, 0.717) is 28.6 Å². The van der Waals surface area contributed by atoms with Gasteiger partial charge in [-0.1, -0.05) is 0 Å². The summed E-state index contributed by atoms with van der Waals surface area (Å²) < 4.78 is 10.4. The molecule has 0 spiro atoms. The summed E-state index contributed by atoms with van der Waals surface area (Å²) in [5.74, 6) is 2.32. The third-order valence-electron chi connectivity index (χ3n) is 2.56. The van der Waals surface area contributed by atoms with Crippen molar-refractivity contribution in [2.24, 2.45) is 0 Å². The molecule has 1 heterocycles. The van der Waals surface area contributed by atoms with Gasteiger partial charge in [0.2, 0.25) is 5.91 Å². The number of furan rings is 1. The van der Waals surface area contributed by atoms with Gasteiger partial charge < -0.3 is 20.2 Å². The Bertz CT molecular complexity index is 570. The maximum Gasteiger partial charge on any atom is 0.234 e. The molecule has 5 nitrogen and oxygen atoms in total. The van der Waals surface area contributed by atoms with E-state index in [1.807, 2.05) is 12.1 Å². The number of hydrogen-bond donors (Lipinski definition) is 2. The summed E-state index contributed by atoms with van der Waals surface area (Å²) in [6.07, 6.45) is 1.62. The number of nitrogens with two attached hydrogens (primary N) is 1. The number of amides is 1. The van der Waals surface area contributed by atoms with Crippen LogP contribution in [0, 0.1) is 0 Å². The minimum absolute atomic E-state index is 0.0929. The minimum Gasteiger partial charge on any atom is -0.494 e. The number of nitrogens with one attached hydrogen (secondary N) is 1. The summed E-state index contributed by atoms with van der Waals surface area (Å²) in [5, 5.41) is 2.80. The summed E-state index contributed by atoms with van der Waals surface area (Å²) in [7, 11) is 1.54. The fraction of sp³-hybridized carbons (Fsp3) is 0.214. The number of benzene rings is 1. The summed E-state index contributed by atoms with van der Waals surface area (Å²) in [6.45, 7) is 0. The first-order valence-corrected chi connectivity index (χ1v) is 7.18. The molecule has 3 N–H and O–H groups in total. The van der Waals surface area contributed by atoms with Crippen LogP contribution in [0.25, 0.3) is 0 Å². The van der Waals surface area contributed by atoms with Gasteiger partial charge in [-0.3, -0.25) is 4.79 Å². The predicted molar refractivity (Wildman–Crippen MR) is 80.9 cm³/mol. The van der Waals surface area contributed by atoms with Gasteiger partial charge in [0.05, 0.1) is 30.6 Å². The Hall–Kier alpha value is -2.08. The molecule has 1 aromatic heterocycles. The molecule has 6 heteroatoms. The molecule has 0 aliphatic carbocycles. The lowest BCUT2D eigenvalue weighted by molar-refractivity contribution is -0.113. The first-order valence-electron chi connectivity index (χ1n) is 6.02. The highest BCUT2D eigenvalue weighted by Gasteiger charge is 2.08. The van der Waals surface area contributed by atoms with E-state index >= 15 is 0 Å². The Kier molecular flexibility index (Phi) is 4.95. The first kappa shape index (κ1) is 14.3. The molecule has 0 atom stereocenters. The lowest BCUT2D eigenvalue weighted by Gasteiger charge is -2.10. The number of hydrogen-bond acceptors (Lipinski definition) is 5. The van der Waals surface area contributed by atoms with E-state index in [0.717, 1.165) is 5.76 Å². The predicted octanol–water partition coefficient (Wildman–Crippen LogP) is 2.74. The van der Waals surface area contributed by atoms with Crippen LogP contribution >= 0.6 is 11.8 Å². The fourth-order valence-electron chi connectivity index (χ4n) is 1.64. The van der Waals surface area contributed by atoms with Gasteiger partial charge in [0.15, 0.2) is 0 Å². The zero-order valence-corrected chi connectivity index (χ0v) is 11.9. The Morgan fingerprint density at radius 3 is 3.00 bits per heavy atom. The van der Waals surface area contributed by atoms with E-state index in [4.69, 9.17) is 14.9 Å². The number of thioether (sulfide) groups is 1. The first-order chi connectivity index (χ1) is 9.69. The second-order valence-electron chi connectivity index (χ2n) is 4.08. The van der Waals surface area contributed by atoms with Gasteiger partial charge in [-0.05, 0) is 24.3 Å². The molecule has 1 aromatic carbocycles. The van der Waals surface area contributed by atoms with Gasteiger partial charge in [0.1, 0.15) is 11.5 Å². The normalized spacial score (nSPS) is 10.2. The fourth-order valence-corrected chi connectivity index (χ4v) is 2.36. The van der Waals surface area contributed by atoms with Crippen molar-refractivity contribution in [3.8, 4) is 5.75 Å². The number of ether oxygens (including phenoxy) is 1. The van der Waals surface area contributed by atoms with Crippen molar-refractivity contribution < 1.29 is 13.9 Å². The maximum atomic E-state index is 11.8. The van der Waals surface area contributed by atoms with Gasteiger partial charge >= 0.3 is 0 Å². The Balaban J connectivity index is 1.85. The standard InChI is InChI=1S/C14H16N2O3S/c1-18-13-7-10(15)4-5-12(13)16-14(17)9-20-8-11-3-2-6-19-11/h2-7H,8-9,15H2,1H3,(H,16,17). The molecule has 0 aliphatic rings. The van der Waals surface area contributed by atoms with Crippen molar-refractivity contribution in [1.29, 1.82) is 0 Å². The Labute approximate surface area is 121 Å². The van der Waals surface area contributed by atoms with Crippen LogP contribution in [0.1, 0.15) is 5.76 Å². The molecule has 106 valence electrons. The van der Waals surface area contributed by atoms with Gasteiger partial charge in [-0.2, -0.15) is 0 Å². The van der Waals surface area contributed by atoms with E-state index in [9.17, 15) is 4.79 Å². The molecule has 0 bridgehead atoms. The smallest absolute Gasteiger partial charge is 0.234 e. The van der Waals surface area contributed by atoms with Gasteiger partial charge in [0, 0.05) is 11.8 Å². The SMILES string of the molecule is COc1cc(N)ccc1NC(=O)CSCc1ccco1. The molecule has 0 aliphatic heterocycles. The molecule has 1 amide bonds. The minimum atomic E-state index is -0.0929. The van der Waals surface area contributed by atoms with Crippen LogP contribution in [-0.2, 0) is 10.5 Å². The lowest BCUT2D eigenvalue weighted by Crippen LogP contribution is -2.14. The van der Waals surface area contributed by atoms with Crippen molar-refractivity contribution >= 4 is 29.0 Å². The second-order valence-corrected chi connectivity index (χ2v) is 5.07. The van der Waals surface area contributed by atoms with Gasteiger partial charge in [0.25, 0.3) is 0 Å². The Morgan fingerprint density at radius 2 is 2.30 bits per heavy atom. The van der Waals surface area contributed by atoms with Crippen LogP contribution in [0.5, 0.6) is 5.75 Å². The molecule has 0 saturated carbocycles. The molecular weight excluding hydrogens is 276 g/mol. The molecule has 2 rings (SSSR count). The number of rotatable bonds is 6. The van der Waals surface area contributed by atoms with E-state index in [-0.39, 0.29) is 5.91 Å². The van der Waals surface area contributed by atoms with Crippen LogP contribution in [0.3, 0.4) is 0 Å². The topological polar surface area (TPSA) is 77.5 Å². The number of carbonyl (C=O) groups is 1. The number of nitrogen functional groups attached to an aromatic ring is 1. The van der Waals surface area contributed by atoms with Crippen LogP contribution in [0.15, 0.2) is 41.0 Å². The number of anilines is 2. The van der Waals surface area contributed by atoms with Crippen molar-refractivity contribution in [1.82, 2.24) is 0 Å². The maximum absolute atomic E-state index is 11.8. The van der Waals surface area contributed by atoms with E-state index < -0.39 is 0 Å². The Morgan fingerprint density at radius 1 is 1.45 bits per heavy atom. The van der Waals surface area contributed by atoms with Crippen LogP contribution in [0.2, 0.25) is 0 Å². The lowest BCUT2D eigenvalue weighted by atomic mass is 10.2. The van der Waals surface area contributed by atoms with Gasteiger partial charge in [-0.15, -0.1) is 11.8 Å². The largest absolute Gasteiger partial charge is 0.494 e. The average Bonchev–Trinajstić information content (AvgIpc) is 2.94. The van der Waals surface area contributed by atoms with Crippen molar-refractivity contribution in [3.05, 3.63) is 42.4 Å². The number of carbonyl (C=O) groups excluding carboxylic acids is 1. The van der Waals surface area contributed by atoms with Gasteiger partial charge in [-0.25, -0.2) is 0 Å². The van der Waals surface area contributed by atoms with Crippen LogP contribution in [0.4, 0.5) is 11.4 Å². The summed E-state index contributed by atoms with van der Waals surface area (Å²) >= 11 is 1.48. The molecule has 2 aromatic rings. The van der Waals surface area contributed by atoms with Crippen molar-refractivity contribution in [2.45, 2.75) is 5.75 Å².